The highest BCUT2D eigenvalue weighted by atomic mass is 19.1. The van der Waals surface area contributed by atoms with Gasteiger partial charge >= 0.3 is 11.9 Å². The Kier molecular flexibility index (Phi) is 13.3. The van der Waals surface area contributed by atoms with Gasteiger partial charge in [-0.15, -0.1) is 0 Å². The molecule has 318 valence electrons. The molecule has 0 aliphatic heterocycles. The number of halogens is 4. The largest absolute Gasteiger partial charge is 0.505 e. The van der Waals surface area contributed by atoms with Crippen LogP contribution in [0, 0.1) is 37.1 Å². The van der Waals surface area contributed by atoms with E-state index in [1.807, 2.05) is 0 Å². The lowest BCUT2D eigenvalue weighted by atomic mass is 10.1. The SMILES string of the molecule is Cc1c(CC(=O)NC(C)C(=O)O)c2c(F)c(O)ccc2n1C(=O)c1cccc(F)c1.Cc1c(CC(=O)NC(C)CC(=O)O)c2c(F)c(O)ccc2n1C(=O)c1cccc(F)c1. The number of carboxylic acid groups (broad SMARTS) is 2. The molecule has 2 amide bonds. The maximum Gasteiger partial charge on any atom is 0.325 e. The van der Waals surface area contributed by atoms with Crippen LogP contribution in [0.25, 0.3) is 21.8 Å². The van der Waals surface area contributed by atoms with Gasteiger partial charge in [-0.1, -0.05) is 12.1 Å². The molecule has 4 aromatic carbocycles. The molecule has 2 unspecified atom stereocenters. The minimum atomic E-state index is -1.24. The van der Waals surface area contributed by atoms with Crippen molar-refractivity contribution in [3.63, 3.8) is 0 Å². The van der Waals surface area contributed by atoms with Crippen LogP contribution in [0.3, 0.4) is 0 Å². The molecule has 0 radical (unpaired) electrons. The summed E-state index contributed by atoms with van der Waals surface area (Å²) < 4.78 is 59.1. The van der Waals surface area contributed by atoms with Crippen LogP contribution in [0.1, 0.15) is 63.5 Å². The number of benzene rings is 4. The molecule has 6 N–H and O–H groups in total. The predicted octanol–water partition coefficient (Wildman–Crippen LogP) is 5.90. The van der Waals surface area contributed by atoms with E-state index in [4.69, 9.17) is 10.2 Å². The highest BCUT2D eigenvalue weighted by Gasteiger charge is 2.28. The first kappa shape index (κ1) is 44.6. The number of nitrogens with one attached hydrogen (secondary N) is 2. The molecule has 0 bridgehead atoms. The molecule has 2 heterocycles. The van der Waals surface area contributed by atoms with Crippen molar-refractivity contribution in [3.05, 3.63) is 130 Å². The van der Waals surface area contributed by atoms with E-state index in [0.29, 0.717) is 0 Å². The highest BCUT2D eigenvalue weighted by Crippen LogP contribution is 2.35. The van der Waals surface area contributed by atoms with Crippen LogP contribution < -0.4 is 10.6 Å². The summed E-state index contributed by atoms with van der Waals surface area (Å²) in [6.07, 6.45) is -1.07. The van der Waals surface area contributed by atoms with Gasteiger partial charge in [-0.2, -0.15) is 0 Å². The number of aromatic nitrogens is 2. The van der Waals surface area contributed by atoms with Crippen LogP contribution >= 0.6 is 0 Å². The van der Waals surface area contributed by atoms with Crippen molar-refractivity contribution in [2.24, 2.45) is 0 Å². The van der Waals surface area contributed by atoms with Gasteiger partial charge in [0.25, 0.3) is 11.8 Å². The zero-order valence-electron chi connectivity index (χ0n) is 32.8. The van der Waals surface area contributed by atoms with Crippen LogP contribution in [0.2, 0.25) is 0 Å². The summed E-state index contributed by atoms with van der Waals surface area (Å²) >= 11 is 0. The number of aliphatic carboxylic acids is 2. The van der Waals surface area contributed by atoms with Gasteiger partial charge in [0.05, 0.1) is 30.3 Å². The summed E-state index contributed by atoms with van der Waals surface area (Å²) in [4.78, 5) is 72.6. The van der Waals surface area contributed by atoms with Gasteiger partial charge < -0.3 is 31.1 Å². The fourth-order valence-corrected chi connectivity index (χ4v) is 6.82. The van der Waals surface area contributed by atoms with Crippen LogP contribution in [-0.4, -0.2) is 77.2 Å². The van der Waals surface area contributed by atoms with Gasteiger partial charge in [0, 0.05) is 39.3 Å². The van der Waals surface area contributed by atoms with Crippen LogP contribution in [-0.2, 0) is 32.0 Å². The molecule has 0 fully saturated rings. The van der Waals surface area contributed by atoms with E-state index in [2.05, 4.69) is 10.6 Å². The summed E-state index contributed by atoms with van der Waals surface area (Å²) in [6.45, 7) is 5.78. The van der Waals surface area contributed by atoms with E-state index in [1.165, 1.54) is 76.2 Å². The van der Waals surface area contributed by atoms with Crippen LogP contribution in [0.15, 0.2) is 72.8 Å². The Morgan fingerprint density at radius 2 is 1.03 bits per heavy atom. The molecule has 61 heavy (non-hydrogen) atoms. The number of carbonyl (C=O) groups excluding carboxylic acids is 4. The Morgan fingerprint density at radius 1 is 0.623 bits per heavy atom. The molecular formula is C43H38F4N4O10. The van der Waals surface area contributed by atoms with Gasteiger partial charge in [-0.05, 0) is 99.5 Å². The first-order valence-corrected chi connectivity index (χ1v) is 18.4. The minimum Gasteiger partial charge on any atom is -0.505 e. The maximum atomic E-state index is 14.8. The molecule has 0 spiro atoms. The Balaban J connectivity index is 0.000000231. The fourth-order valence-electron chi connectivity index (χ4n) is 6.82. The Hall–Kier alpha value is -7.50. The summed E-state index contributed by atoms with van der Waals surface area (Å²) in [5.74, 6) is -9.44. The van der Waals surface area contributed by atoms with E-state index in [-0.39, 0.29) is 68.3 Å². The predicted molar refractivity (Wildman–Crippen MR) is 211 cm³/mol. The van der Waals surface area contributed by atoms with Gasteiger partial charge in [0.2, 0.25) is 11.8 Å². The lowest BCUT2D eigenvalue weighted by molar-refractivity contribution is -0.141. The van der Waals surface area contributed by atoms with E-state index >= 15 is 0 Å². The summed E-state index contributed by atoms with van der Waals surface area (Å²) in [7, 11) is 0. The molecule has 14 nitrogen and oxygen atoms in total. The maximum absolute atomic E-state index is 14.8. The molecule has 0 saturated heterocycles. The molecular weight excluding hydrogens is 808 g/mol. The normalized spacial score (nSPS) is 12.0. The number of phenols is 2. The molecule has 6 rings (SSSR count). The molecule has 18 heteroatoms. The van der Waals surface area contributed by atoms with Crippen molar-refractivity contribution < 1.29 is 66.8 Å². The van der Waals surface area contributed by atoms with Crippen molar-refractivity contribution in [1.82, 2.24) is 19.8 Å². The lowest BCUT2D eigenvalue weighted by Gasteiger charge is -2.12. The second-order valence-electron chi connectivity index (χ2n) is 14.1. The number of fused-ring (bicyclic) bond motifs is 2. The average Bonchev–Trinajstić information content (AvgIpc) is 3.62. The number of amides is 2. The molecule has 6 aromatic rings. The lowest BCUT2D eigenvalue weighted by Crippen LogP contribution is -2.39. The van der Waals surface area contributed by atoms with Gasteiger partial charge in [-0.25, -0.2) is 17.6 Å². The average molecular weight is 847 g/mol. The summed E-state index contributed by atoms with van der Waals surface area (Å²) in [5, 5.41) is 41.9. The van der Waals surface area contributed by atoms with E-state index in [1.54, 1.807) is 0 Å². The number of nitrogens with zero attached hydrogens (tertiary/aromatic N) is 2. The quantitative estimate of drug-likeness (QED) is 0.0849. The van der Waals surface area contributed by atoms with E-state index < -0.39 is 88.8 Å². The third-order valence-electron chi connectivity index (χ3n) is 9.69. The van der Waals surface area contributed by atoms with Crippen molar-refractivity contribution in [2.45, 2.75) is 59.0 Å². The summed E-state index contributed by atoms with van der Waals surface area (Å²) in [6, 6.07) is 13.0. The second-order valence-corrected chi connectivity index (χ2v) is 14.1. The molecule has 2 aromatic heterocycles. The molecule has 0 aliphatic rings. The van der Waals surface area contributed by atoms with Crippen molar-refractivity contribution in [3.8, 4) is 11.5 Å². The number of hydrogen-bond donors (Lipinski definition) is 6. The molecule has 2 atom stereocenters. The van der Waals surface area contributed by atoms with E-state index in [0.717, 1.165) is 33.4 Å². The minimum absolute atomic E-state index is 0.0129. The second kappa shape index (κ2) is 18.2. The number of aromatic hydroxyl groups is 2. The molecule has 0 saturated carbocycles. The third-order valence-corrected chi connectivity index (χ3v) is 9.69. The number of carboxylic acids is 2. The summed E-state index contributed by atoms with van der Waals surface area (Å²) in [5.41, 5.74) is 0.969. The zero-order valence-corrected chi connectivity index (χ0v) is 32.8. The van der Waals surface area contributed by atoms with Crippen molar-refractivity contribution in [2.75, 3.05) is 0 Å². The topological polar surface area (TPSA) is 217 Å². The number of hydrogen-bond acceptors (Lipinski definition) is 8. The highest BCUT2D eigenvalue weighted by molar-refractivity contribution is 6.06. The van der Waals surface area contributed by atoms with Crippen molar-refractivity contribution in [1.29, 1.82) is 0 Å². The Morgan fingerprint density at radius 3 is 1.41 bits per heavy atom. The third kappa shape index (κ3) is 9.53. The van der Waals surface area contributed by atoms with Crippen LogP contribution in [0.4, 0.5) is 17.6 Å². The first-order valence-electron chi connectivity index (χ1n) is 18.4. The standard InChI is InChI=1S/C22H20F2N2O5.C21H18F2N2O5/c1-11(8-19(29)30)25-18(28)10-15-12(2)26(16-6-7-17(27)21(24)20(15)16)22(31)13-4-3-5-14(23)9-13;1-10(21(29)30)24-17(27)9-14-11(2)25(15-6-7-16(26)19(23)18(14)15)20(28)12-4-3-5-13(22)8-12/h3-7,9,11,27H,8,10H2,1-2H3,(H,25,28)(H,29,30);3-8,10,26H,9H2,1-2H3,(H,24,27)(H,29,30). The Bertz CT molecular complexity index is 2760. The zero-order chi connectivity index (χ0) is 45.0. The number of carbonyl (C=O) groups is 6. The first-order chi connectivity index (χ1) is 28.7. The fraction of sp³-hybridized carbons (Fsp3) is 0.209. The van der Waals surface area contributed by atoms with Crippen molar-refractivity contribution >= 4 is 57.4 Å². The Labute approximate surface area is 343 Å². The van der Waals surface area contributed by atoms with E-state index in [9.17, 15) is 56.5 Å². The van der Waals surface area contributed by atoms with Gasteiger partial charge in [-0.3, -0.25) is 37.9 Å². The monoisotopic (exact) mass is 846 g/mol. The van der Waals surface area contributed by atoms with Gasteiger partial charge in [0.1, 0.15) is 17.7 Å². The smallest absolute Gasteiger partial charge is 0.325 e. The molecule has 0 aliphatic carbocycles. The van der Waals surface area contributed by atoms with Gasteiger partial charge in [0.15, 0.2) is 23.1 Å². The number of phenolic OH excluding ortho intramolecular Hbond substituents is 2. The van der Waals surface area contributed by atoms with Crippen LogP contribution in [0.5, 0.6) is 11.5 Å². The number of rotatable bonds is 11.